The minimum Gasteiger partial charge on any atom is -0.336 e. The number of nitrogens with one attached hydrogen (secondary N) is 2. The molecule has 8 heteroatoms. The fourth-order valence-electron chi connectivity index (χ4n) is 2.96. The zero-order valence-corrected chi connectivity index (χ0v) is 12.2. The Morgan fingerprint density at radius 3 is 3.00 bits per heavy atom. The van der Waals surface area contributed by atoms with E-state index in [0.29, 0.717) is 25.2 Å². The third-order valence-corrected chi connectivity index (χ3v) is 4.18. The van der Waals surface area contributed by atoms with Crippen LogP contribution in [0.4, 0.5) is 0 Å². The van der Waals surface area contributed by atoms with E-state index in [-0.39, 0.29) is 17.5 Å². The lowest BCUT2D eigenvalue weighted by Crippen LogP contribution is -2.45. The average Bonchev–Trinajstić information content (AvgIpc) is 2.60. The first-order valence-corrected chi connectivity index (χ1v) is 7.47. The van der Waals surface area contributed by atoms with Crippen LogP contribution < -0.4 is 10.8 Å². The van der Waals surface area contributed by atoms with Crippen LogP contribution in [0.25, 0.3) is 0 Å². The highest BCUT2D eigenvalue weighted by Gasteiger charge is 2.29. The summed E-state index contributed by atoms with van der Waals surface area (Å²) in [5.41, 5.74) is 3.06. The highest BCUT2D eigenvalue weighted by Crippen LogP contribution is 2.20. The summed E-state index contributed by atoms with van der Waals surface area (Å²) < 4.78 is 0. The van der Waals surface area contributed by atoms with Crippen LogP contribution in [0, 0.1) is 5.92 Å². The molecule has 3 N–H and O–H groups in total. The summed E-state index contributed by atoms with van der Waals surface area (Å²) in [7, 11) is 0. The van der Waals surface area contributed by atoms with Gasteiger partial charge < -0.3 is 10.2 Å². The van der Waals surface area contributed by atoms with E-state index in [2.05, 4.69) is 15.3 Å². The van der Waals surface area contributed by atoms with Crippen molar-refractivity contribution in [1.82, 2.24) is 25.7 Å². The molecule has 3 heterocycles. The molecule has 0 radical (unpaired) electrons. The number of hydrogen-bond donors (Lipinski definition) is 3. The van der Waals surface area contributed by atoms with Crippen molar-refractivity contribution < 1.29 is 14.8 Å². The fraction of sp³-hybridized carbons (Fsp3) is 0.571. The van der Waals surface area contributed by atoms with E-state index in [1.807, 2.05) is 4.90 Å². The topological polar surface area (TPSA) is 107 Å². The predicted molar refractivity (Wildman–Crippen MR) is 76.0 cm³/mol. The molecule has 1 unspecified atom stereocenters. The minimum atomic E-state index is -0.679. The van der Waals surface area contributed by atoms with Gasteiger partial charge in [0, 0.05) is 19.5 Å². The average molecular weight is 305 g/mol. The van der Waals surface area contributed by atoms with Gasteiger partial charge in [0.2, 0.25) is 5.91 Å². The Balaban J connectivity index is 1.71. The van der Waals surface area contributed by atoms with Gasteiger partial charge in [-0.15, -0.1) is 0 Å². The molecule has 8 nitrogen and oxygen atoms in total. The lowest BCUT2D eigenvalue weighted by Gasteiger charge is -2.32. The maximum atomic E-state index is 12.5. The smallest absolute Gasteiger partial charge is 0.294 e. The summed E-state index contributed by atoms with van der Waals surface area (Å²) in [5.74, 6) is -0.471. The molecule has 3 rings (SSSR count). The van der Waals surface area contributed by atoms with Crippen LogP contribution in [-0.2, 0) is 17.8 Å². The predicted octanol–water partition coefficient (Wildman–Crippen LogP) is -0.520. The first-order valence-electron chi connectivity index (χ1n) is 7.47. The van der Waals surface area contributed by atoms with Gasteiger partial charge in [0.05, 0.1) is 30.0 Å². The van der Waals surface area contributed by atoms with E-state index < -0.39 is 5.91 Å². The van der Waals surface area contributed by atoms with Crippen LogP contribution in [-0.4, -0.2) is 51.5 Å². The van der Waals surface area contributed by atoms with Gasteiger partial charge in [-0.05, 0) is 19.4 Å². The monoisotopic (exact) mass is 305 g/mol. The van der Waals surface area contributed by atoms with Crippen LogP contribution in [0.15, 0.2) is 6.20 Å². The van der Waals surface area contributed by atoms with Crippen LogP contribution >= 0.6 is 0 Å². The van der Waals surface area contributed by atoms with Crippen LogP contribution in [0.5, 0.6) is 0 Å². The first-order chi connectivity index (χ1) is 10.7. The normalized spacial score (nSPS) is 21.1. The van der Waals surface area contributed by atoms with E-state index in [9.17, 15) is 9.59 Å². The second kappa shape index (κ2) is 6.37. The van der Waals surface area contributed by atoms with Crippen molar-refractivity contribution in [1.29, 1.82) is 0 Å². The van der Waals surface area contributed by atoms with Gasteiger partial charge >= 0.3 is 0 Å². The molecular weight excluding hydrogens is 286 g/mol. The zero-order valence-electron chi connectivity index (χ0n) is 12.2. The Morgan fingerprint density at radius 2 is 2.27 bits per heavy atom. The molecule has 2 aliphatic rings. The number of rotatable bonds is 2. The highest BCUT2D eigenvalue weighted by atomic mass is 16.5. The van der Waals surface area contributed by atoms with Crippen LogP contribution in [0.1, 0.15) is 34.7 Å². The quantitative estimate of drug-likeness (QED) is 0.501. The summed E-state index contributed by atoms with van der Waals surface area (Å²) in [5, 5.41) is 11.9. The zero-order chi connectivity index (χ0) is 15.5. The molecule has 2 aliphatic heterocycles. The third kappa shape index (κ3) is 2.93. The molecule has 0 saturated carbocycles. The van der Waals surface area contributed by atoms with Crippen LogP contribution in [0.3, 0.4) is 0 Å². The number of hydroxylamine groups is 1. The summed E-state index contributed by atoms with van der Waals surface area (Å²) in [4.78, 5) is 34.1. The number of nitrogens with zero attached hydrogens (tertiary/aromatic N) is 3. The summed E-state index contributed by atoms with van der Waals surface area (Å²) in [6.45, 7) is 2.73. The molecule has 2 amide bonds. The Morgan fingerprint density at radius 1 is 1.41 bits per heavy atom. The number of carbonyl (C=O) groups excluding carboxylic acids is 2. The van der Waals surface area contributed by atoms with Gasteiger partial charge in [0.15, 0.2) is 0 Å². The summed E-state index contributed by atoms with van der Waals surface area (Å²) in [6, 6.07) is 0. The second-order valence-electron chi connectivity index (χ2n) is 5.64. The van der Waals surface area contributed by atoms with Crippen molar-refractivity contribution in [3.05, 3.63) is 23.3 Å². The molecule has 0 bridgehead atoms. The fourth-order valence-corrected chi connectivity index (χ4v) is 2.96. The maximum Gasteiger partial charge on any atom is 0.294 e. The number of aromatic nitrogens is 2. The number of piperidine rings is 1. The number of fused-ring (bicyclic) bond motifs is 1. The molecule has 1 aromatic rings. The molecule has 1 aromatic heterocycles. The first kappa shape index (κ1) is 14.9. The van der Waals surface area contributed by atoms with Crippen molar-refractivity contribution in [3.63, 3.8) is 0 Å². The molecule has 0 aliphatic carbocycles. The summed E-state index contributed by atoms with van der Waals surface area (Å²) >= 11 is 0. The lowest BCUT2D eigenvalue weighted by atomic mass is 9.97. The van der Waals surface area contributed by atoms with Crippen molar-refractivity contribution in [2.24, 2.45) is 5.92 Å². The molecule has 0 spiro atoms. The molecular formula is C14H19N5O3. The molecule has 118 valence electrons. The van der Waals surface area contributed by atoms with Crippen molar-refractivity contribution in [2.75, 3.05) is 19.6 Å². The Labute approximate surface area is 127 Å². The van der Waals surface area contributed by atoms with Crippen molar-refractivity contribution in [3.8, 4) is 0 Å². The van der Waals surface area contributed by atoms with Crippen LogP contribution in [0.2, 0.25) is 0 Å². The van der Waals surface area contributed by atoms with Gasteiger partial charge in [0.1, 0.15) is 5.69 Å². The largest absolute Gasteiger partial charge is 0.336 e. The Kier molecular flexibility index (Phi) is 4.30. The lowest BCUT2D eigenvalue weighted by molar-refractivity contribution is -0.137. The molecule has 1 saturated heterocycles. The standard InChI is InChI=1S/C14H19N5O3/c20-13(18-22)11-7-16-12-8-19(5-3-10(12)17-11)14(21)9-2-1-4-15-6-9/h7,9,15,22H,1-6,8H2,(H,18,20). The molecule has 1 fully saturated rings. The Bertz CT molecular complexity index is 586. The number of carbonyl (C=O) groups is 2. The third-order valence-electron chi connectivity index (χ3n) is 4.18. The van der Waals surface area contributed by atoms with E-state index in [0.717, 1.165) is 31.6 Å². The maximum absolute atomic E-state index is 12.5. The van der Waals surface area contributed by atoms with Crippen molar-refractivity contribution >= 4 is 11.8 Å². The van der Waals surface area contributed by atoms with Gasteiger partial charge in [-0.1, -0.05) is 0 Å². The molecule has 22 heavy (non-hydrogen) atoms. The van der Waals surface area contributed by atoms with E-state index in [1.165, 1.54) is 6.20 Å². The molecule has 1 atom stereocenters. The van der Waals surface area contributed by atoms with Gasteiger partial charge in [-0.3, -0.25) is 19.8 Å². The van der Waals surface area contributed by atoms with E-state index in [1.54, 1.807) is 5.48 Å². The second-order valence-corrected chi connectivity index (χ2v) is 5.64. The SMILES string of the molecule is O=C(NO)c1cnc2c(n1)CCN(C(=O)C1CCCNC1)C2. The van der Waals surface area contributed by atoms with Gasteiger partial charge in [-0.2, -0.15) is 0 Å². The highest BCUT2D eigenvalue weighted by molar-refractivity contribution is 5.91. The number of hydrogen-bond acceptors (Lipinski definition) is 6. The van der Waals surface area contributed by atoms with Crippen molar-refractivity contribution in [2.45, 2.75) is 25.8 Å². The van der Waals surface area contributed by atoms with E-state index in [4.69, 9.17) is 5.21 Å². The van der Waals surface area contributed by atoms with Gasteiger partial charge in [0.25, 0.3) is 5.91 Å². The summed E-state index contributed by atoms with van der Waals surface area (Å²) in [6.07, 6.45) is 3.85. The molecule has 0 aromatic carbocycles. The van der Waals surface area contributed by atoms with Gasteiger partial charge in [-0.25, -0.2) is 10.5 Å². The minimum absolute atomic E-state index is 0.0442. The van der Waals surface area contributed by atoms with E-state index >= 15 is 0 Å². The Hall–Kier alpha value is -2.06. The number of amides is 2.